The SMILES string of the molecule is CCCCc1ccc(NS(=O)(=O)c2cc(C(=O)NC3CCN(C(=O)Nc4ccccc4)CC3)c(Cl)cc2Cl)cc1. The van der Waals surface area contributed by atoms with E-state index in [9.17, 15) is 18.0 Å². The number of aryl methyl sites for hydroxylation is 1. The molecule has 3 aromatic carbocycles. The smallest absolute Gasteiger partial charge is 0.321 e. The first kappa shape index (κ1) is 29.7. The van der Waals surface area contributed by atoms with E-state index in [0.29, 0.717) is 37.3 Å². The lowest BCUT2D eigenvalue weighted by Crippen LogP contribution is -2.47. The molecule has 3 amide bonds. The minimum absolute atomic E-state index is 0.00519. The molecule has 0 aliphatic carbocycles. The van der Waals surface area contributed by atoms with E-state index in [2.05, 4.69) is 22.3 Å². The van der Waals surface area contributed by atoms with Crippen molar-refractivity contribution < 1.29 is 18.0 Å². The standard InChI is InChI=1S/C29H32Cl2N4O4S/c1-2-3-7-20-10-12-23(13-11-20)34-40(38,39)27-18-24(25(30)19-26(27)31)28(36)32-22-14-16-35(17-15-22)29(37)33-21-8-5-4-6-9-21/h4-6,8-13,18-19,22,34H,2-3,7,14-17H2,1H3,(H,32,36)(H,33,37). The van der Waals surface area contributed by atoms with E-state index in [-0.39, 0.29) is 32.6 Å². The Morgan fingerprint density at radius 1 is 0.925 bits per heavy atom. The van der Waals surface area contributed by atoms with Gasteiger partial charge in [-0.15, -0.1) is 0 Å². The molecule has 212 valence electrons. The zero-order chi connectivity index (χ0) is 28.7. The van der Waals surface area contributed by atoms with Gasteiger partial charge in [-0.25, -0.2) is 13.2 Å². The summed E-state index contributed by atoms with van der Waals surface area (Å²) in [6.07, 6.45) is 4.13. The highest BCUT2D eigenvalue weighted by Gasteiger charge is 2.27. The number of sulfonamides is 1. The maximum atomic E-state index is 13.2. The molecular weight excluding hydrogens is 571 g/mol. The second-order valence-electron chi connectivity index (χ2n) is 9.70. The number of likely N-dealkylation sites (tertiary alicyclic amines) is 1. The Hall–Kier alpha value is -3.27. The predicted octanol–water partition coefficient (Wildman–Crippen LogP) is 6.56. The molecule has 0 bridgehead atoms. The third-order valence-electron chi connectivity index (χ3n) is 6.72. The Labute approximate surface area is 245 Å². The molecule has 1 heterocycles. The highest BCUT2D eigenvalue weighted by atomic mass is 35.5. The Bertz CT molecular complexity index is 1440. The normalized spacial score (nSPS) is 14.0. The summed E-state index contributed by atoms with van der Waals surface area (Å²) in [7, 11) is -4.09. The van der Waals surface area contributed by atoms with Gasteiger partial charge in [-0.1, -0.05) is 66.9 Å². The first-order valence-corrected chi connectivity index (χ1v) is 15.4. The summed E-state index contributed by atoms with van der Waals surface area (Å²) in [5.74, 6) is -0.509. The van der Waals surface area contributed by atoms with Crippen LogP contribution in [0.15, 0.2) is 71.6 Å². The number of carbonyl (C=O) groups excluding carboxylic acids is 2. The lowest BCUT2D eigenvalue weighted by atomic mass is 10.0. The third-order valence-corrected chi connectivity index (χ3v) is 8.88. The van der Waals surface area contributed by atoms with Gasteiger partial charge in [0.1, 0.15) is 4.90 Å². The number of nitrogens with one attached hydrogen (secondary N) is 3. The van der Waals surface area contributed by atoms with Gasteiger partial charge in [-0.2, -0.15) is 0 Å². The lowest BCUT2D eigenvalue weighted by Gasteiger charge is -2.32. The van der Waals surface area contributed by atoms with Gasteiger partial charge in [0.05, 0.1) is 15.6 Å². The van der Waals surface area contributed by atoms with Crippen LogP contribution in [0.1, 0.15) is 48.5 Å². The van der Waals surface area contributed by atoms with E-state index in [1.54, 1.807) is 17.0 Å². The quantitative estimate of drug-likeness (QED) is 0.257. The van der Waals surface area contributed by atoms with Crippen molar-refractivity contribution in [1.82, 2.24) is 10.2 Å². The number of nitrogens with zero attached hydrogens (tertiary/aromatic N) is 1. The Balaban J connectivity index is 1.39. The number of rotatable bonds is 9. The molecule has 40 heavy (non-hydrogen) atoms. The van der Waals surface area contributed by atoms with Gasteiger partial charge in [0, 0.05) is 30.5 Å². The highest BCUT2D eigenvalue weighted by molar-refractivity contribution is 7.92. The molecule has 1 fully saturated rings. The number of hydrogen-bond donors (Lipinski definition) is 3. The van der Waals surface area contributed by atoms with E-state index in [0.717, 1.165) is 24.8 Å². The van der Waals surface area contributed by atoms with Crippen molar-refractivity contribution in [2.24, 2.45) is 0 Å². The van der Waals surface area contributed by atoms with Gasteiger partial charge >= 0.3 is 6.03 Å². The van der Waals surface area contributed by atoms with Gasteiger partial charge in [0.25, 0.3) is 15.9 Å². The number of amides is 3. The summed E-state index contributed by atoms with van der Waals surface area (Å²) < 4.78 is 28.9. The summed E-state index contributed by atoms with van der Waals surface area (Å²) in [5, 5.41) is 5.73. The second-order valence-corrected chi connectivity index (χ2v) is 12.2. The molecule has 0 atom stereocenters. The number of hydrogen-bond acceptors (Lipinski definition) is 4. The first-order chi connectivity index (χ1) is 19.2. The topological polar surface area (TPSA) is 108 Å². The number of benzene rings is 3. The molecule has 4 rings (SSSR count). The van der Waals surface area contributed by atoms with Gasteiger partial charge in [0.2, 0.25) is 0 Å². The molecule has 3 N–H and O–H groups in total. The van der Waals surface area contributed by atoms with Crippen molar-refractivity contribution in [1.29, 1.82) is 0 Å². The van der Waals surface area contributed by atoms with Crippen molar-refractivity contribution in [2.45, 2.75) is 50.0 Å². The fourth-order valence-electron chi connectivity index (χ4n) is 4.45. The molecule has 0 saturated carbocycles. The molecule has 0 spiro atoms. The fraction of sp³-hybridized carbons (Fsp3) is 0.310. The summed E-state index contributed by atoms with van der Waals surface area (Å²) in [6, 6.07) is 18.4. The number of halogens is 2. The molecule has 1 saturated heterocycles. The number of urea groups is 1. The van der Waals surface area contributed by atoms with Crippen molar-refractivity contribution in [3.8, 4) is 0 Å². The van der Waals surface area contributed by atoms with Crippen LogP contribution < -0.4 is 15.4 Å². The lowest BCUT2D eigenvalue weighted by molar-refractivity contribution is 0.0919. The third kappa shape index (κ3) is 7.68. The van der Waals surface area contributed by atoms with E-state index in [1.165, 1.54) is 12.1 Å². The molecule has 0 unspecified atom stereocenters. The molecule has 8 nitrogen and oxygen atoms in total. The van der Waals surface area contributed by atoms with Gasteiger partial charge < -0.3 is 15.5 Å². The van der Waals surface area contributed by atoms with Crippen LogP contribution in [0.2, 0.25) is 10.0 Å². The number of anilines is 2. The number of piperidine rings is 1. The van der Waals surface area contributed by atoms with Crippen LogP contribution in [0.3, 0.4) is 0 Å². The summed E-state index contributed by atoms with van der Waals surface area (Å²) in [6.45, 7) is 3.03. The summed E-state index contributed by atoms with van der Waals surface area (Å²) in [4.78, 5) is 27.1. The van der Waals surface area contributed by atoms with Gasteiger partial charge in [-0.3, -0.25) is 9.52 Å². The molecular formula is C29H32Cl2N4O4S. The average Bonchev–Trinajstić information content (AvgIpc) is 2.93. The van der Waals surface area contributed by atoms with E-state index >= 15 is 0 Å². The maximum absolute atomic E-state index is 13.2. The zero-order valence-electron chi connectivity index (χ0n) is 22.1. The van der Waals surface area contributed by atoms with Crippen LogP contribution in [0.5, 0.6) is 0 Å². The summed E-state index contributed by atoms with van der Waals surface area (Å²) in [5.41, 5.74) is 2.23. The molecule has 0 aromatic heterocycles. The minimum atomic E-state index is -4.09. The van der Waals surface area contributed by atoms with Crippen LogP contribution in [0.4, 0.5) is 16.2 Å². The number of unbranched alkanes of at least 4 members (excludes halogenated alkanes) is 1. The van der Waals surface area contributed by atoms with Crippen LogP contribution in [-0.4, -0.2) is 44.4 Å². The Kier molecular flexibility index (Phi) is 9.95. The molecule has 11 heteroatoms. The molecule has 3 aromatic rings. The van der Waals surface area contributed by atoms with Crippen molar-refractivity contribution in [2.75, 3.05) is 23.1 Å². The van der Waals surface area contributed by atoms with Crippen molar-refractivity contribution >= 4 is 56.5 Å². The van der Waals surface area contributed by atoms with Crippen LogP contribution in [0, 0.1) is 0 Å². The van der Waals surface area contributed by atoms with Crippen molar-refractivity contribution in [3.05, 3.63) is 87.9 Å². The summed E-state index contributed by atoms with van der Waals surface area (Å²) >= 11 is 12.6. The largest absolute Gasteiger partial charge is 0.349 e. The van der Waals surface area contributed by atoms with Gasteiger partial charge in [-0.05, 0) is 67.6 Å². The Morgan fingerprint density at radius 2 is 1.60 bits per heavy atom. The highest BCUT2D eigenvalue weighted by Crippen LogP contribution is 2.30. The minimum Gasteiger partial charge on any atom is -0.349 e. The Morgan fingerprint density at radius 3 is 2.25 bits per heavy atom. The average molecular weight is 604 g/mol. The van der Waals surface area contributed by atoms with Gasteiger partial charge in [0.15, 0.2) is 0 Å². The first-order valence-electron chi connectivity index (χ1n) is 13.2. The monoisotopic (exact) mass is 602 g/mol. The zero-order valence-corrected chi connectivity index (χ0v) is 24.5. The number of carbonyl (C=O) groups is 2. The van der Waals surface area contributed by atoms with Crippen LogP contribution >= 0.6 is 23.2 Å². The second kappa shape index (κ2) is 13.4. The molecule has 1 aliphatic heterocycles. The van der Waals surface area contributed by atoms with E-state index in [1.807, 2.05) is 42.5 Å². The maximum Gasteiger partial charge on any atom is 0.321 e. The van der Waals surface area contributed by atoms with Crippen LogP contribution in [-0.2, 0) is 16.4 Å². The number of para-hydroxylation sites is 1. The van der Waals surface area contributed by atoms with E-state index in [4.69, 9.17) is 23.2 Å². The fourth-order valence-corrected chi connectivity index (χ4v) is 6.37. The van der Waals surface area contributed by atoms with E-state index < -0.39 is 15.9 Å². The predicted molar refractivity (Wildman–Crippen MR) is 160 cm³/mol. The van der Waals surface area contributed by atoms with Crippen molar-refractivity contribution in [3.63, 3.8) is 0 Å². The molecule has 1 aliphatic rings. The molecule has 0 radical (unpaired) electrons. The van der Waals surface area contributed by atoms with Crippen LogP contribution in [0.25, 0.3) is 0 Å².